The number of rotatable bonds is 4. The van der Waals surface area contributed by atoms with Gasteiger partial charge in [-0.3, -0.25) is 9.59 Å². The molecule has 8 heteroatoms. The lowest BCUT2D eigenvalue weighted by Gasteiger charge is -2.21. The van der Waals surface area contributed by atoms with Crippen LogP contribution in [0.4, 0.5) is 17.3 Å². The largest absolute Gasteiger partial charge is 0.365 e. The second-order valence-electron chi connectivity index (χ2n) is 11.3. The molecule has 0 radical (unpaired) electrons. The second kappa shape index (κ2) is 9.69. The molecule has 200 valence electrons. The highest BCUT2D eigenvalue weighted by atomic mass is 16.2. The number of aromatic nitrogens is 3. The molecule has 1 aliphatic heterocycles. The van der Waals surface area contributed by atoms with E-state index in [1.807, 2.05) is 43.7 Å². The molecule has 4 N–H and O–H groups in total. The molecule has 0 bridgehead atoms. The molecule has 0 aliphatic carbocycles. The Labute approximate surface area is 228 Å². The molecule has 8 nitrogen and oxygen atoms in total. The Kier molecular flexibility index (Phi) is 6.50. The lowest BCUT2D eigenvalue weighted by atomic mass is 9.85. The van der Waals surface area contributed by atoms with Crippen LogP contribution < -0.4 is 16.4 Å². The summed E-state index contributed by atoms with van der Waals surface area (Å²) in [6, 6.07) is 15.6. The van der Waals surface area contributed by atoms with Crippen molar-refractivity contribution in [1.29, 1.82) is 0 Å². The number of amides is 2. The average molecular weight is 523 g/mol. The number of hydrogen-bond donors (Lipinski definition) is 3. The summed E-state index contributed by atoms with van der Waals surface area (Å²) in [7, 11) is 0. The van der Waals surface area contributed by atoms with E-state index in [9.17, 15) is 9.59 Å². The standard InChI is InChI=1S/C31H34N6O2/c1-17-13-19(3)33-25(14-17)35-30(39)23-9-7-21(15-18(23)2)27-26(28(32)38)29-34-24-10-8-22(31(4,5)6)16-20(24)11-12-37(29)36-27/h7-10,13-16,34H,11-12H2,1-6H3,(H2,32,38)(H,33,35,39). The van der Waals surface area contributed by atoms with Crippen molar-refractivity contribution in [1.82, 2.24) is 14.8 Å². The molecule has 0 fully saturated rings. The topological polar surface area (TPSA) is 115 Å². The van der Waals surface area contributed by atoms with Crippen LogP contribution in [-0.4, -0.2) is 26.6 Å². The third kappa shape index (κ3) is 5.14. The average Bonchev–Trinajstić information content (AvgIpc) is 3.10. The molecular weight excluding hydrogens is 488 g/mol. The van der Waals surface area contributed by atoms with Gasteiger partial charge in [0.1, 0.15) is 22.9 Å². The van der Waals surface area contributed by atoms with Crippen LogP contribution in [0.25, 0.3) is 11.3 Å². The minimum atomic E-state index is -0.561. The number of anilines is 3. The Bertz CT molecular complexity index is 1610. The van der Waals surface area contributed by atoms with Gasteiger partial charge in [0.2, 0.25) is 0 Å². The van der Waals surface area contributed by atoms with Gasteiger partial charge >= 0.3 is 0 Å². The van der Waals surface area contributed by atoms with E-state index in [4.69, 9.17) is 10.8 Å². The number of carbonyl (C=O) groups is 2. The maximum absolute atomic E-state index is 13.0. The van der Waals surface area contributed by atoms with Crippen LogP contribution in [0.15, 0.2) is 48.5 Å². The lowest BCUT2D eigenvalue weighted by Crippen LogP contribution is -2.15. The number of carbonyl (C=O) groups excluding carboxylic acids is 2. The van der Waals surface area contributed by atoms with E-state index < -0.39 is 5.91 Å². The van der Waals surface area contributed by atoms with E-state index >= 15 is 0 Å². The predicted octanol–water partition coefficient (Wildman–Crippen LogP) is 5.82. The monoisotopic (exact) mass is 522 g/mol. The van der Waals surface area contributed by atoms with Gasteiger partial charge < -0.3 is 16.4 Å². The first kappa shape index (κ1) is 26.2. The normalized spacial score (nSPS) is 12.7. The first-order valence-corrected chi connectivity index (χ1v) is 13.1. The first-order chi connectivity index (χ1) is 18.4. The second-order valence-corrected chi connectivity index (χ2v) is 11.3. The number of hydrogen-bond acceptors (Lipinski definition) is 5. The Morgan fingerprint density at radius 1 is 1.03 bits per heavy atom. The molecule has 39 heavy (non-hydrogen) atoms. The molecule has 2 amide bonds. The van der Waals surface area contributed by atoms with Crippen LogP contribution in [0.2, 0.25) is 0 Å². The van der Waals surface area contributed by atoms with Crippen molar-refractivity contribution in [3.05, 3.63) is 87.6 Å². The van der Waals surface area contributed by atoms with Crippen LogP contribution >= 0.6 is 0 Å². The van der Waals surface area contributed by atoms with Gasteiger partial charge in [0.15, 0.2) is 0 Å². The van der Waals surface area contributed by atoms with Gasteiger partial charge in [-0.2, -0.15) is 5.10 Å². The van der Waals surface area contributed by atoms with Crippen molar-refractivity contribution >= 4 is 29.1 Å². The van der Waals surface area contributed by atoms with Crippen LogP contribution in [-0.2, 0) is 18.4 Å². The summed E-state index contributed by atoms with van der Waals surface area (Å²) in [6.07, 6.45) is 0.767. The van der Waals surface area contributed by atoms with Crippen molar-refractivity contribution < 1.29 is 9.59 Å². The number of nitrogens with zero attached hydrogens (tertiary/aromatic N) is 3. The quantitative estimate of drug-likeness (QED) is 0.312. The third-order valence-corrected chi connectivity index (χ3v) is 7.10. The van der Waals surface area contributed by atoms with Gasteiger partial charge in [-0.25, -0.2) is 9.67 Å². The van der Waals surface area contributed by atoms with Crippen molar-refractivity contribution in [3.63, 3.8) is 0 Å². The molecule has 4 aromatic rings. The smallest absolute Gasteiger partial charge is 0.257 e. The van der Waals surface area contributed by atoms with Crippen LogP contribution in [0.5, 0.6) is 0 Å². The van der Waals surface area contributed by atoms with E-state index in [-0.39, 0.29) is 11.3 Å². The molecule has 2 aromatic heterocycles. The zero-order valence-corrected chi connectivity index (χ0v) is 23.3. The number of primary amides is 1. The number of fused-ring (bicyclic) bond motifs is 2. The minimum Gasteiger partial charge on any atom is -0.365 e. The summed E-state index contributed by atoms with van der Waals surface area (Å²) in [5.41, 5.74) is 14.0. The Morgan fingerprint density at radius 2 is 1.79 bits per heavy atom. The van der Waals surface area contributed by atoms with Crippen molar-refractivity contribution in [2.75, 3.05) is 10.6 Å². The van der Waals surface area contributed by atoms with E-state index in [2.05, 4.69) is 54.6 Å². The fourth-order valence-corrected chi connectivity index (χ4v) is 5.08. The summed E-state index contributed by atoms with van der Waals surface area (Å²) in [4.78, 5) is 30.1. The Balaban J connectivity index is 1.48. The molecule has 1 aliphatic rings. The van der Waals surface area contributed by atoms with Crippen LogP contribution in [0, 0.1) is 20.8 Å². The van der Waals surface area contributed by atoms with Crippen molar-refractivity contribution in [2.45, 2.75) is 59.9 Å². The summed E-state index contributed by atoms with van der Waals surface area (Å²) >= 11 is 0. The van der Waals surface area contributed by atoms with E-state index in [1.165, 1.54) is 11.1 Å². The maximum atomic E-state index is 13.0. The molecule has 5 rings (SSSR count). The molecule has 0 unspecified atom stereocenters. The van der Waals surface area contributed by atoms with E-state index in [0.717, 1.165) is 28.9 Å². The minimum absolute atomic E-state index is 0.0386. The molecule has 0 spiro atoms. The highest BCUT2D eigenvalue weighted by Gasteiger charge is 2.27. The van der Waals surface area contributed by atoms with Crippen molar-refractivity contribution in [3.8, 4) is 11.3 Å². The number of aryl methyl sites for hydroxylation is 5. The van der Waals surface area contributed by atoms with Gasteiger partial charge in [0.05, 0.1) is 0 Å². The number of benzene rings is 2. The Hall–Kier alpha value is -4.46. The third-order valence-electron chi connectivity index (χ3n) is 7.10. The molecule has 0 saturated carbocycles. The van der Waals surface area contributed by atoms with Crippen LogP contribution in [0.1, 0.15) is 69.4 Å². The number of pyridine rings is 1. The van der Waals surface area contributed by atoms with Gasteiger partial charge in [-0.15, -0.1) is 0 Å². The van der Waals surface area contributed by atoms with E-state index in [1.54, 1.807) is 12.1 Å². The zero-order valence-electron chi connectivity index (χ0n) is 23.3. The lowest BCUT2D eigenvalue weighted by molar-refractivity contribution is 0.0998. The van der Waals surface area contributed by atoms with Crippen molar-refractivity contribution in [2.24, 2.45) is 5.73 Å². The summed E-state index contributed by atoms with van der Waals surface area (Å²) in [6.45, 7) is 12.9. The fraction of sp³-hybridized carbons (Fsp3) is 0.290. The molecule has 3 heterocycles. The van der Waals surface area contributed by atoms with Crippen LogP contribution in [0.3, 0.4) is 0 Å². The van der Waals surface area contributed by atoms with Gasteiger partial charge in [0, 0.05) is 29.1 Å². The number of nitrogens with one attached hydrogen (secondary N) is 2. The molecule has 0 atom stereocenters. The first-order valence-electron chi connectivity index (χ1n) is 13.1. The SMILES string of the molecule is Cc1cc(C)nc(NC(=O)c2ccc(-c3nn4c(c3C(N)=O)Nc3ccc(C(C)(C)C)cc3CC4)cc2C)c1. The molecular formula is C31H34N6O2. The molecule has 2 aromatic carbocycles. The van der Waals surface area contributed by atoms with E-state index in [0.29, 0.717) is 40.6 Å². The van der Waals surface area contributed by atoms with Gasteiger partial charge in [-0.1, -0.05) is 39.0 Å². The Morgan fingerprint density at radius 3 is 2.46 bits per heavy atom. The van der Waals surface area contributed by atoms with Gasteiger partial charge in [0.25, 0.3) is 11.8 Å². The maximum Gasteiger partial charge on any atom is 0.257 e. The zero-order chi connectivity index (χ0) is 28.1. The summed E-state index contributed by atoms with van der Waals surface area (Å²) < 4.78 is 1.81. The summed E-state index contributed by atoms with van der Waals surface area (Å²) in [5, 5.41) is 11.1. The molecule has 0 saturated heterocycles. The number of nitrogens with two attached hydrogens (primary N) is 1. The predicted molar refractivity (Wildman–Crippen MR) is 155 cm³/mol. The summed E-state index contributed by atoms with van der Waals surface area (Å²) in [5.74, 6) is 0.282. The van der Waals surface area contributed by atoms with Gasteiger partial charge in [-0.05, 0) is 85.2 Å². The highest BCUT2D eigenvalue weighted by Crippen LogP contribution is 2.36. The fourth-order valence-electron chi connectivity index (χ4n) is 5.08. The highest BCUT2D eigenvalue weighted by molar-refractivity contribution is 6.06.